The van der Waals surface area contributed by atoms with Crippen molar-refractivity contribution in [3.8, 4) is 0 Å². The largest absolute Gasteiger partial charge is 0.337 e. The number of nitrogens with zero attached hydrogens (tertiary/aromatic N) is 4. The van der Waals surface area contributed by atoms with E-state index >= 15 is 0 Å². The molecule has 0 unspecified atom stereocenters. The first-order valence-corrected chi connectivity index (χ1v) is 13.0. The molecule has 0 aliphatic heterocycles. The number of carbonyl (C=O) groups excluding carboxylic acids is 1. The minimum Gasteiger partial charge on any atom is -0.337 e. The van der Waals surface area contributed by atoms with Crippen LogP contribution in [-0.2, 0) is 11.3 Å². The summed E-state index contributed by atoms with van der Waals surface area (Å²) in [6.45, 7) is 3.58. The van der Waals surface area contributed by atoms with Gasteiger partial charge in [0.2, 0.25) is 5.91 Å². The molecule has 0 atom stereocenters. The minimum absolute atomic E-state index is 0. The van der Waals surface area contributed by atoms with Crippen LogP contribution in [-0.4, -0.2) is 27.0 Å². The van der Waals surface area contributed by atoms with Crippen LogP contribution in [0.2, 0.25) is 5.02 Å². The zero-order valence-corrected chi connectivity index (χ0v) is 21.3. The molecule has 0 spiro atoms. The van der Waals surface area contributed by atoms with Crippen LogP contribution in [0.5, 0.6) is 0 Å². The van der Waals surface area contributed by atoms with Gasteiger partial charge in [0.05, 0.1) is 22.0 Å². The molecule has 0 radical (unpaired) electrons. The molecule has 5 nitrogen and oxygen atoms in total. The Morgan fingerprint density at radius 1 is 1.21 bits per heavy atom. The van der Waals surface area contributed by atoms with Gasteiger partial charge in [-0.15, -0.1) is 12.4 Å². The van der Waals surface area contributed by atoms with Gasteiger partial charge in [-0.25, -0.2) is 9.97 Å². The molecule has 176 valence electrons. The molecule has 33 heavy (non-hydrogen) atoms. The van der Waals surface area contributed by atoms with E-state index in [1.165, 1.54) is 19.3 Å². The number of halogens is 2. The van der Waals surface area contributed by atoms with E-state index in [4.69, 9.17) is 16.6 Å². The van der Waals surface area contributed by atoms with Crippen LogP contribution in [0.3, 0.4) is 0 Å². The molecule has 4 aliphatic rings. The van der Waals surface area contributed by atoms with Crippen molar-refractivity contribution >= 4 is 56.6 Å². The Labute approximate surface area is 210 Å². The van der Waals surface area contributed by atoms with Crippen LogP contribution < -0.4 is 4.90 Å². The third kappa shape index (κ3) is 4.19. The quantitative estimate of drug-likeness (QED) is 0.384. The third-order valence-electron chi connectivity index (χ3n) is 7.96. The molecule has 4 bridgehead atoms. The van der Waals surface area contributed by atoms with Crippen LogP contribution in [0, 0.1) is 30.1 Å². The van der Waals surface area contributed by atoms with Gasteiger partial charge in [0.15, 0.2) is 5.13 Å². The van der Waals surface area contributed by atoms with E-state index in [1.807, 2.05) is 36.5 Å². The van der Waals surface area contributed by atoms with Crippen molar-refractivity contribution in [3.63, 3.8) is 0 Å². The number of aryl methyl sites for hydroxylation is 2. The second kappa shape index (κ2) is 8.86. The molecule has 0 saturated heterocycles. The van der Waals surface area contributed by atoms with E-state index < -0.39 is 0 Å². The SMILES string of the molecule is Cc1cc(Cl)cc2sc(N(CCCn3ccnc3)C(=O)C34CC5CC(CC(C5)C3)C4)nc12.Cl. The molecule has 3 aromatic rings. The number of imidazole rings is 1. The van der Waals surface area contributed by atoms with E-state index in [1.54, 1.807) is 17.5 Å². The van der Waals surface area contributed by atoms with Gasteiger partial charge < -0.3 is 4.57 Å². The molecule has 4 saturated carbocycles. The summed E-state index contributed by atoms with van der Waals surface area (Å²) in [6.07, 6.45) is 13.7. The molecule has 7 rings (SSSR count). The standard InChI is InChI=1S/C25H29ClN4OS.ClH/c1-16-7-20(26)11-21-22(16)28-24(32-21)30(5-2-4-29-6-3-27-15-29)23(31)25-12-17-8-18(13-25)10-19(9-17)14-25;/h3,6-7,11,15,17-19H,2,4-5,8-10,12-14H2,1H3;1H. The van der Waals surface area contributed by atoms with Crippen LogP contribution in [0.1, 0.15) is 50.5 Å². The Bertz CT molecular complexity index is 1120. The maximum atomic E-state index is 14.3. The fourth-order valence-corrected chi connectivity index (χ4v) is 8.48. The Morgan fingerprint density at radius 2 is 1.91 bits per heavy atom. The van der Waals surface area contributed by atoms with Crippen molar-refractivity contribution in [2.45, 2.75) is 58.4 Å². The van der Waals surface area contributed by atoms with Gasteiger partial charge in [-0.05, 0) is 87.3 Å². The number of carbonyl (C=O) groups is 1. The third-order valence-corrected chi connectivity index (χ3v) is 9.21. The second-order valence-electron chi connectivity index (χ2n) is 10.4. The van der Waals surface area contributed by atoms with Crippen LogP contribution in [0.4, 0.5) is 5.13 Å². The first kappa shape index (κ1) is 23.1. The molecular formula is C25H30Cl2N4OS. The first-order chi connectivity index (χ1) is 15.5. The van der Waals surface area contributed by atoms with Gasteiger partial charge in [-0.1, -0.05) is 22.9 Å². The Balaban J connectivity index is 0.00000228. The number of thiazole rings is 1. The molecule has 1 amide bonds. The molecule has 2 aromatic heterocycles. The van der Waals surface area contributed by atoms with E-state index in [0.717, 1.165) is 75.9 Å². The predicted octanol–water partition coefficient (Wildman–Crippen LogP) is 6.52. The van der Waals surface area contributed by atoms with Crippen molar-refractivity contribution in [2.75, 3.05) is 11.4 Å². The molecule has 4 aliphatic carbocycles. The summed E-state index contributed by atoms with van der Waals surface area (Å²) in [5, 5.41) is 1.56. The number of anilines is 1. The number of amides is 1. The van der Waals surface area contributed by atoms with Crippen molar-refractivity contribution in [1.82, 2.24) is 14.5 Å². The molecule has 4 fully saturated rings. The zero-order valence-electron chi connectivity index (χ0n) is 18.9. The van der Waals surface area contributed by atoms with Gasteiger partial charge in [-0.3, -0.25) is 9.69 Å². The highest BCUT2D eigenvalue weighted by molar-refractivity contribution is 7.22. The van der Waals surface area contributed by atoms with Crippen molar-refractivity contribution in [3.05, 3.63) is 41.4 Å². The lowest BCUT2D eigenvalue weighted by Crippen LogP contribution is -2.55. The Morgan fingerprint density at radius 3 is 2.55 bits per heavy atom. The topological polar surface area (TPSA) is 51.0 Å². The lowest BCUT2D eigenvalue weighted by Gasteiger charge is -2.56. The normalized spacial score (nSPS) is 27.6. The van der Waals surface area contributed by atoms with Crippen LogP contribution >= 0.6 is 35.3 Å². The number of hydrogen-bond donors (Lipinski definition) is 0. The van der Waals surface area contributed by atoms with Crippen molar-refractivity contribution in [2.24, 2.45) is 23.2 Å². The van der Waals surface area contributed by atoms with Gasteiger partial charge >= 0.3 is 0 Å². The summed E-state index contributed by atoms with van der Waals surface area (Å²) < 4.78 is 3.14. The number of aromatic nitrogens is 3. The smallest absolute Gasteiger partial charge is 0.235 e. The fourth-order valence-electron chi connectivity index (χ4n) is 7.03. The van der Waals surface area contributed by atoms with E-state index in [-0.39, 0.29) is 17.8 Å². The second-order valence-corrected chi connectivity index (χ2v) is 11.8. The van der Waals surface area contributed by atoms with Crippen LogP contribution in [0.15, 0.2) is 30.9 Å². The molecule has 8 heteroatoms. The van der Waals surface area contributed by atoms with E-state index in [2.05, 4.69) is 9.55 Å². The van der Waals surface area contributed by atoms with Crippen molar-refractivity contribution < 1.29 is 4.79 Å². The van der Waals surface area contributed by atoms with Gasteiger partial charge in [0.1, 0.15) is 0 Å². The summed E-state index contributed by atoms with van der Waals surface area (Å²) in [4.78, 5) is 25.4. The van der Waals surface area contributed by atoms with Gasteiger partial charge in [0.25, 0.3) is 0 Å². The lowest BCUT2D eigenvalue weighted by atomic mass is 9.49. The summed E-state index contributed by atoms with van der Waals surface area (Å²) in [7, 11) is 0. The average molecular weight is 506 g/mol. The molecular weight excluding hydrogens is 475 g/mol. The maximum absolute atomic E-state index is 14.3. The van der Waals surface area contributed by atoms with Crippen LogP contribution in [0.25, 0.3) is 10.2 Å². The van der Waals surface area contributed by atoms with Crippen molar-refractivity contribution in [1.29, 1.82) is 0 Å². The summed E-state index contributed by atoms with van der Waals surface area (Å²) in [5.41, 5.74) is 1.86. The highest BCUT2D eigenvalue weighted by atomic mass is 35.5. The lowest BCUT2D eigenvalue weighted by molar-refractivity contribution is -0.143. The number of hydrogen-bond acceptors (Lipinski definition) is 4. The van der Waals surface area contributed by atoms with Gasteiger partial charge in [-0.2, -0.15) is 0 Å². The number of rotatable bonds is 6. The van der Waals surface area contributed by atoms with E-state index in [9.17, 15) is 4.79 Å². The minimum atomic E-state index is -0.172. The summed E-state index contributed by atoms with van der Waals surface area (Å²) in [6, 6.07) is 3.93. The molecule has 1 aromatic carbocycles. The zero-order chi connectivity index (χ0) is 21.9. The van der Waals surface area contributed by atoms with Gasteiger partial charge in [0, 0.05) is 30.5 Å². The predicted molar refractivity (Wildman–Crippen MR) is 136 cm³/mol. The monoisotopic (exact) mass is 504 g/mol. The molecule has 2 heterocycles. The Hall–Kier alpha value is -1.63. The number of fused-ring (bicyclic) bond motifs is 1. The first-order valence-electron chi connectivity index (χ1n) is 11.8. The summed E-state index contributed by atoms with van der Waals surface area (Å²) >= 11 is 7.92. The fraction of sp³-hybridized carbons (Fsp3) is 0.560. The highest BCUT2D eigenvalue weighted by Gasteiger charge is 2.55. The maximum Gasteiger partial charge on any atom is 0.235 e. The van der Waals surface area contributed by atoms with E-state index in [0.29, 0.717) is 12.5 Å². The average Bonchev–Trinajstić information content (AvgIpc) is 3.39. The number of benzene rings is 1. The summed E-state index contributed by atoms with van der Waals surface area (Å²) in [5.74, 6) is 2.56. The molecule has 0 N–H and O–H groups in total. The Kier molecular flexibility index (Phi) is 6.21. The highest BCUT2D eigenvalue weighted by Crippen LogP contribution is 2.60.